The highest BCUT2D eigenvalue weighted by molar-refractivity contribution is 5.98. The first-order chi connectivity index (χ1) is 21.9. The number of ether oxygens (including phenoxy) is 1. The number of alkyl halides is 1. The fraction of sp³-hybridized carbons (Fsp3) is 0.611. The Hall–Kier alpha value is -3.17. The summed E-state index contributed by atoms with van der Waals surface area (Å²) in [6.07, 6.45) is 9.46. The van der Waals surface area contributed by atoms with Crippen LogP contribution < -0.4 is 19.9 Å². The van der Waals surface area contributed by atoms with Gasteiger partial charge in [-0.3, -0.25) is 4.90 Å². The maximum absolute atomic E-state index is 16.0. The number of anilines is 2. The van der Waals surface area contributed by atoms with E-state index in [1.54, 1.807) is 0 Å². The molecule has 0 amide bonds. The molecule has 2 N–H and O–H groups in total. The van der Waals surface area contributed by atoms with E-state index >= 15 is 4.39 Å². The van der Waals surface area contributed by atoms with E-state index in [0.717, 1.165) is 87.3 Å². The number of benzene rings is 2. The Morgan fingerprint density at radius 2 is 1.91 bits per heavy atom. The fourth-order valence-corrected chi connectivity index (χ4v) is 10.1. The summed E-state index contributed by atoms with van der Waals surface area (Å²) in [6, 6.07) is 11.6. The van der Waals surface area contributed by atoms with Gasteiger partial charge >= 0.3 is 6.01 Å². The van der Waals surface area contributed by atoms with Crippen LogP contribution in [0, 0.1) is 0 Å². The smallest absolute Gasteiger partial charge is 0.318 e. The predicted molar refractivity (Wildman–Crippen MR) is 174 cm³/mol. The lowest BCUT2D eigenvalue weighted by Crippen LogP contribution is -2.52. The molecule has 3 aromatic rings. The molecule has 4 saturated heterocycles. The normalized spacial score (nSPS) is 32.3. The number of phenols is 1. The molecule has 2 aromatic carbocycles. The minimum absolute atomic E-state index is 0.0404. The molecule has 5 fully saturated rings. The first-order valence-corrected chi connectivity index (χ1v) is 17.4. The average molecular weight is 613 g/mol. The summed E-state index contributed by atoms with van der Waals surface area (Å²) in [6.45, 7) is 6.95. The molecule has 5 unspecified atom stereocenters. The van der Waals surface area contributed by atoms with Crippen LogP contribution in [0.4, 0.5) is 15.9 Å². The average Bonchev–Trinajstić information content (AvgIpc) is 3.77. The standard InChI is InChI=1S/C36H45FN6O2/c1-2-23-6-3-7-24-16-27(44)17-30(32(23)24)41-15-11-28-29(20-41)39-34(40-33(28)42-18-25-9-10-26(19-42)38-25)45-22-35-12-5-14-43(35)31-8-4-13-36(31,37)21-35/h3,6-7,16-17,25-26,31,38,44H,2,4-5,8-15,18-22H2,1H3. The fourth-order valence-electron chi connectivity index (χ4n) is 10.1. The maximum atomic E-state index is 16.0. The van der Waals surface area contributed by atoms with Crippen LogP contribution >= 0.6 is 0 Å². The lowest BCUT2D eigenvalue weighted by atomic mass is 9.88. The van der Waals surface area contributed by atoms with Gasteiger partial charge in [-0.1, -0.05) is 25.1 Å². The molecule has 5 atom stereocenters. The van der Waals surface area contributed by atoms with Gasteiger partial charge in [0.05, 0.1) is 17.8 Å². The molecule has 5 aliphatic heterocycles. The minimum atomic E-state index is -1.08. The number of piperazine rings is 1. The third kappa shape index (κ3) is 4.51. The molecule has 6 heterocycles. The second-order valence-electron chi connectivity index (χ2n) is 14.7. The lowest BCUT2D eigenvalue weighted by molar-refractivity contribution is 0.0808. The number of halogens is 1. The largest absolute Gasteiger partial charge is 0.508 e. The molecule has 1 aromatic heterocycles. The monoisotopic (exact) mass is 612 g/mol. The highest BCUT2D eigenvalue weighted by atomic mass is 19.1. The van der Waals surface area contributed by atoms with Gasteiger partial charge in [0.25, 0.3) is 0 Å². The van der Waals surface area contributed by atoms with Crippen molar-refractivity contribution in [1.29, 1.82) is 0 Å². The Kier molecular flexibility index (Phi) is 6.51. The zero-order valence-electron chi connectivity index (χ0n) is 26.4. The van der Waals surface area contributed by atoms with Gasteiger partial charge in [-0.25, -0.2) is 4.39 Å². The van der Waals surface area contributed by atoms with Gasteiger partial charge in [-0.15, -0.1) is 0 Å². The van der Waals surface area contributed by atoms with Crippen molar-refractivity contribution in [2.45, 2.75) is 107 Å². The lowest BCUT2D eigenvalue weighted by Gasteiger charge is -2.38. The summed E-state index contributed by atoms with van der Waals surface area (Å²) >= 11 is 0. The summed E-state index contributed by atoms with van der Waals surface area (Å²) in [5.74, 6) is 1.31. The van der Waals surface area contributed by atoms with Crippen LogP contribution in [0.5, 0.6) is 11.8 Å². The molecular formula is C36H45FN6O2. The topological polar surface area (TPSA) is 77.0 Å². The van der Waals surface area contributed by atoms with Crippen molar-refractivity contribution in [3.63, 3.8) is 0 Å². The van der Waals surface area contributed by atoms with Gasteiger partial charge in [0.15, 0.2) is 0 Å². The number of rotatable bonds is 6. The highest BCUT2D eigenvalue weighted by Gasteiger charge is 2.63. The Balaban J connectivity index is 1.07. The minimum Gasteiger partial charge on any atom is -0.508 e. The van der Waals surface area contributed by atoms with Crippen molar-refractivity contribution in [1.82, 2.24) is 20.2 Å². The Bertz CT molecular complexity index is 1640. The first kappa shape index (κ1) is 28.1. The van der Waals surface area contributed by atoms with E-state index < -0.39 is 5.67 Å². The van der Waals surface area contributed by atoms with Gasteiger partial charge in [0.2, 0.25) is 0 Å². The van der Waals surface area contributed by atoms with E-state index in [2.05, 4.69) is 45.1 Å². The van der Waals surface area contributed by atoms with Gasteiger partial charge in [-0.05, 0) is 81.3 Å². The van der Waals surface area contributed by atoms with Crippen molar-refractivity contribution in [3.05, 3.63) is 47.2 Å². The van der Waals surface area contributed by atoms with Crippen molar-refractivity contribution in [2.24, 2.45) is 0 Å². The van der Waals surface area contributed by atoms with Crippen LogP contribution in [-0.4, -0.2) is 82.1 Å². The van der Waals surface area contributed by atoms with E-state index in [9.17, 15) is 5.11 Å². The van der Waals surface area contributed by atoms with E-state index in [4.69, 9.17) is 14.7 Å². The molecule has 0 spiro atoms. The van der Waals surface area contributed by atoms with Crippen LogP contribution in [0.1, 0.15) is 75.1 Å². The number of hydrogen-bond acceptors (Lipinski definition) is 8. The Labute approximate surface area is 265 Å². The summed E-state index contributed by atoms with van der Waals surface area (Å²) in [4.78, 5) is 17.6. The SMILES string of the molecule is CCc1cccc2cc(O)cc(N3CCc4c(nc(OCC56CCCN5C5CCCC5(F)C6)nc4N4CC5CCC(C4)N5)C3)c12. The number of phenolic OH excluding ortho intramolecular Hbond substituents is 1. The quantitative estimate of drug-likeness (QED) is 0.390. The van der Waals surface area contributed by atoms with Gasteiger partial charge in [0.1, 0.15) is 23.8 Å². The number of aromatic nitrogens is 2. The van der Waals surface area contributed by atoms with Crippen LogP contribution in [0.2, 0.25) is 0 Å². The van der Waals surface area contributed by atoms with Gasteiger partial charge in [0, 0.05) is 66.9 Å². The molecule has 238 valence electrons. The zero-order chi connectivity index (χ0) is 30.3. The molecular weight excluding hydrogens is 567 g/mol. The molecule has 9 rings (SSSR count). The second-order valence-corrected chi connectivity index (χ2v) is 14.7. The predicted octanol–water partition coefficient (Wildman–Crippen LogP) is 5.28. The number of nitrogens with zero attached hydrogens (tertiary/aromatic N) is 5. The number of hydrogen-bond donors (Lipinski definition) is 2. The molecule has 1 saturated carbocycles. The number of nitrogens with one attached hydrogen (secondary N) is 1. The third-order valence-corrected chi connectivity index (χ3v) is 12.1. The second kappa shape index (κ2) is 10.4. The van der Waals surface area contributed by atoms with E-state index in [0.29, 0.717) is 44.1 Å². The molecule has 8 nitrogen and oxygen atoms in total. The van der Waals surface area contributed by atoms with Crippen LogP contribution in [0.25, 0.3) is 10.8 Å². The Morgan fingerprint density at radius 3 is 2.76 bits per heavy atom. The summed E-state index contributed by atoms with van der Waals surface area (Å²) in [7, 11) is 0. The third-order valence-electron chi connectivity index (χ3n) is 12.1. The molecule has 6 aliphatic rings. The first-order valence-electron chi connectivity index (χ1n) is 17.4. The molecule has 0 radical (unpaired) electrons. The summed E-state index contributed by atoms with van der Waals surface area (Å²) in [5, 5.41) is 16.8. The molecule has 9 heteroatoms. The molecule has 1 aliphatic carbocycles. The molecule has 45 heavy (non-hydrogen) atoms. The van der Waals surface area contributed by atoms with Gasteiger partial charge < -0.3 is 25.0 Å². The van der Waals surface area contributed by atoms with Crippen molar-refractivity contribution >= 4 is 22.3 Å². The van der Waals surface area contributed by atoms with Gasteiger partial charge in [-0.2, -0.15) is 9.97 Å². The van der Waals surface area contributed by atoms with Crippen LogP contribution in [0.15, 0.2) is 30.3 Å². The summed E-state index contributed by atoms with van der Waals surface area (Å²) < 4.78 is 22.6. The molecule has 2 bridgehead atoms. The van der Waals surface area contributed by atoms with E-state index in [1.165, 1.54) is 29.4 Å². The van der Waals surface area contributed by atoms with Crippen molar-refractivity contribution < 1.29 is 14.2 Å². The summed E-state index contributed by atoms with van der Waals surface area (Å²) in [5.41, 5.74) is 3.23. The van der Waals surface area contributed by atoms with Crippen LogP contribution in [0.3, 0.4) is 0 Å². The van der Waals surface area contributed by atoms with Crippen molar-refractivity contribution in [2.75, 3.05) is 42.6 Å². The number of aryl methyl sites for hydroxylation is 1. The zero-order valence-corrected chi connectivity index (χ0v) is 26.4. The maximum Gasteiger partial charge on any atom is 0.318 e. The van der Waals surface area contributed by atoms with E-state index in [1.807, 2.05) is 12.1 Å². The highest BCUT2D eigenvalue weighted by Crippen LogP contribution is 2.55. The number of fused-ring (bicyclic) bond motifs is 7. The van der Waals surface area contributed by atoms with Crippen molar-refractivity contribution in [3.8, 4) is 11.8 Å². The van der Waals surface area contributed by atoms with E-state index in [-0.39, 0.29) is 17.3 Å². The Morgan fingerprint density at radius 1 is 1.04 bits per heavy atom. The van der Waals surface area contributed by atoms with Crippen LogP contribution in [-0.2, 0) is 19.4 Å². The number of aromatic hydroxyl groups is 1.